The smallest absolute Gasteiger partial charge is 0.251 e. The van der Waals surface area contributed by atoms with Crippen molar-refractivity contribution >= 4 is 12.3 Å². The van der Waals surface area contributed by atoms with E-state index in [-0.39, 0.29) is 17.2 Å². The van der Waals surface area contributed by atoms with Crippen LogP contribution >= 0.6 is 0 Å². The van der Waals surface area contributed by atoms with Gasteiger partial charge in [0.2, 0.25) is 0 Å². The van der Waals surface area contributed by atoms with Gasteiger partial charge in [-0.1, -0.05) is 13.0 Å². The van der Waals surface area contributed by atoms with Crippen LogP contribution in [-0.4, -0.2) is 35.3 Å². The van der Waals surface area contributed by atoms with Gasteiger partial charge in [0.25, 0.3) is 5.95 Å². The van der Waals surface area contributed by atoms with Gasteiger partial charge in [0.1, 0.15) is 11.6 Å². The molecule has 0 saturated carbocycles. The molecule has 0 saturated heterocycles. The molecule has 1 aromatic carbocycles. The van der Waals surface area contributed by atoms with Gasteiger partial charge in [-0.15, -0.1) is 0 Å². The van der Waals surface area contributed by atoms with Crippen molar-refractivity contribution in [3.05, 3.63) is 41.6 Å². The Hall–Kier alpha value is -2.37. The predicted molar refractivity (Wildman–Crippen MR) is 78.6 cm³/mol. The third-order valence-electron chi connectivity index (χ3n) is 2.84. The van der Waals surface area contributed by atoms with Crippen molar-refractivity contribution in [3.63, 3.8) is 0 Å². The molecule has 21 heavy (non-hydrogen) atoms. The van der Waals surface area contributed by atoms with Gasteiger partial charge in [-0.25, -0.2) is 23.7 Å². The number of nitrogens with zero attached hydrogens (tertiary/aromatic N) is 4. The fourth-order valence-electron chi connectivity index (χ4n) is 1.83. The van der Waals surface area contributed by atoms with Crippen LogP contribution in [0.5, 0.6) is 0 Å². The maximum atomic E-state index is 14.0. The van der Waals surface area contributed by atoms with Gasteiger partial charge in [0.05, 0.1) is 17.6 Å². The van der Waals surface area contributed by atoms with Gasteiger partial charge in [-0.05, 0) is 24.1 Å². The fraction of sp³-hybridized carbons (Fsp3) is 0.267. The molecule has 0 atom stereocenters. The molecule has 0 aliphatic rings. The minimum Gasteiger partial charge on any atom is -0.369 e. The van der Waals surface area contributed by atoms with Crippen molar-refractivity contribution in [1.82, 2.24) is 14.9 Å². The second kappa shape index (κ2) is 6.39. The first-order valence-electron chi connectivity index (χ1n) is 6.53. The van der Waals surface area contributed by atoms with Gasteiger partial charge >= 0.3 is 0 Å². The third kappa shape index (κ3) is 3.39. The van der Waals surface area contributed by atoms with E-state index in [1.54, 1.807) is 25.2 Å². The lowest BCUT2D eigenvalue weighted by Gasteiger charge is -2.09. The molecule has 0 N–H and O–H groups in total. The second-order valence-corrected chi connectivity index (χ2v) is 4.70. The van der Waals surface area contributed by atoms with Crippen LogP contribution < -0.4 is 0 Å². The number of halogens is 2. The Morgan fingerprint density at radius 2 is 1.90 bits per heavy atom. The molecule has 0 amide bonds. The first-order valence-corrected chi connectivity index (χ1v) is 6.53. The molecule has 0 aliphatic carbocycles. The summed E-state index contributed by atoms with van der Waals surface area (Å²) in [6, 6.07) is 3.75. The summed E-state index contributed by atoms with van der Waals surface area (Å²) >= 11 is 0. The zero-order valence-corrected chi connectivity index (χ0v) is 12.1. The first kappa shape index (κ1) is 15.0. The average Bonchev–Trinajstić information content (AvgIpc) is 2.45. The minimum atomic E-state index is -0.647. The van der Waals surface area contributed by atoms with E-state index in [2.05, 4.69) is 15.0 Å². The molecule has 0 aliphatic heterocycles. The molecular weight excluding hydrogens is 274 g/mol. The van der Waals surface area contributed by atoms with E-state index < -0.39 is 11.6 Å². The van der Waals surface area contributed by atoms with Gasteiger partial charge < -0.3 is 4.90 Å². The highest BCUT2D eigenvalue weighted by molar-refractivity contribution is 5.66. The summed E-state index contributed by atoms with van der Waals surface area (Å²) in [5, 5.41) is 0. The molecule has 0 unspecified atom stereocenters. The van der Waals surface area contributed by atoms with Crippen molar-refractivity contribution in [3.8, 4) is 11.3 Å². The van der Waals surface area contributed by atoms with Crippen molar-refractivity contribution in [2.75, 3.05) is 14.1 Å². The zero-order valence-electron chi connectivity index (χ0n) is 12.1. The number of hydrogen-bond acceptors (Lipinski definition) is 3. The molecule has 4 nitrogen and oxygen atoms in total. The van der Waals surface area contributed by atoms with Crippen LogP contribution in [0.15, 0.2) is 29.4 Å². The monoisotopic (exact) mass is 290 g/mol. The summed E-state index contributed by atoms with van der Waals surface area (Å²) < 4.78 is 27.9. The van der Waals surface area contributed by atoms with Crippen molar-refractivity contribution < 1.29 is 8.78 Å². The molecule has 0 spiro atoms. The maximum Gasteiger partial charge on any atom is 0.251 e. The normalized spacial score (nSPS) is 11.1. The number of hydrogen-bond donors (Lipinski definition) is 0. The quantitative estimate of drug-likeness (QED) is 0.641. The molecule has 0 radical (unpaired) electrons. The van der Waals surface area contributed by atoms with E-state index in [0.717, 1.165) is 0 Å². The molecule has 0 bridgehead atoms. The Balaban J connectivity index is 2.58. The topological polar surface area (TPSA) is 41.4 Å². The molecule has 6 heteroatoms. The summed E-state index contributed by atoms with van der Waals surface area (Å²) in [5.74, 6) is -1.13. The Kier molecular flexibility index (Phi) is 4.57. The summed E-state index contributed by atoms with van der Waals surface area (Å²) in [7, 11) is 3.61. The minimum absolute atomic E-state index is 0.141. The van der Waals surface area contributed by atoms with Crippen molar-refractivity contribution in [2.45, 2.75) is 13.3 Å². The Bertz CT molecular complexity index is 648. The number of aromatic nitrogens is 2. The molecule has 110 valence electrons. The largest absolute Gasteiger partial charge is 0.369 e. The second-order valence-electron chi connectivity index (χ2n) is 4.70. The first-order chi connectivity index (χ1) is 10.0. The number of aryl methyl sites for hydroxylation is 1. The van der Waals surface area contributed by atoms with Crippen LogP contribution in [0.4, 0.5) is 14.7 Å². The lowest BCUT2D eigenvalue weighted by Crippen LogP contribution is -2.07. The van der Waals surface area contributed by atoms with Crippen LogP contribution in [0.3, 0.4) is 0 Å². The summed E-state index contributed by atoms with van der Waals surface area (Å²) in [6.07, 6.45) is 3.65. The average molecular weight is 290 g/mol. The van der Waals surface area contributed by atoms with E-state index in [9.17, 15) is 8.78 Å². The maximum absolute atomic E-state index is 14.0. The highest BCUT2D eigenvalue weighted by Gasteiger charge is 2.16. The van der Waals surface area contributed by atoms with Crippen LogP contribution in [0.25, 0.3) is 11.3 Å². The molecule has 0 fully saturated rings. The molecule has 2 rings (SSSR count). The summed E-state index contributed by atoms with van der Waals surface area (Å²) in [6.45, 7) is 1.88. The standard InChI is InChI=1S/C15H16F2N4/c1-4-10-8-18-15(19-9-21(2)3)20-14(10)13-11(16)6-5-7-12(13)17/h5-9H,4H2,1-3H3/b19-9+. The van der Waals surface area contributed by atoms with Crippen LogP contribution in [0.2, 0.25) is 0 Å². The van der Waals surface area contributed by atoms with Gasteiger partial charge in [0.15, 0.2) is 0 Å². The Morgan fingerprint density at radius 3 is 2.48 bits per heavy atom. The molecular formula is C15H16F2N4. The van der Waals surface area contributed by atoms with Crippen LogP contribution in [-0.2, 0) is 6.42 Å². The molecule has 1 heterocycles. The Morgan fingerprint density at radius 1 is 1.24 bits per heavy atom. The summed E-state index contributed by atoms with van der Waals surface area (Å²) in [5.41, 5.74) is 0.773. The van der Waals surface area contributed by atoms with E-state index in [1.807, 2.05) is 6.92 Å². The third-order valence-corrected chi connectivity index (χ3v) is 2.84. The van der Waals surface area contributed by atoms with E-state index in [4.69, 9.17) is 0 Å². The van der Waals surface area contributed by atoms with Gasteiger partial charge in [-0.3, -0.25) is 0 Å². The Labute approximate surface area is 122 Å². The molecule has 1 aromatic heterocycles. The SMILES string of the molecule is CCc1cnc(/N=C/N(C)C)nc1-c1c(F)cccc1F. The molecule has 2 aromatic rings. The van der Waals surface area contributed by atoms with Gasteiger partial charge in [0, 0.05) is 20.3 Å². The van der Waals surface area contributed by atoms with Crippen molar-refractivity contribution in [1.29, 1.82) is 0 Å². The lowest BCUT2D eigenvalue weighted by atomic mass is 10.0. The van der Waals surface area contributed by atoms with Crippen molar-refractivity contribution in [2.24, 2.45) is 4.99 Å². The highest BCUT2D eigenvalue weighted by Crippen LogP contribution is 2.28. The van der Waals surface area contributed by atoms with E-state index >= 15 is 0 Å². The number of aliphatic imine (C=N–C) groups is 1. The van der Waals surface area contributed by atoms with E-state index in [0.29, 0.717) is 12.0 Å². The number of rotatable bonds is 4. The zero-order chi connectivity index (χ0) is 15.4. The summed E-state index contributed by atoms with van der Waals surface area (Å²) in [4.78, 5) is 14.1. The predicted octanol–water partition coefficient (Wildman–Crippen LogP) is 3.21. The fourth-order valence-corrected chi connectivity index (χ4v) is 1.83. The van der Waals surface area contributed by atoms with Crippen LogP contribution in [0, 0.1) is 11.6 Å². The lowest BCUT2D eigenvalue weighted by molar-refractivity contribution is 0.588. The van der Waals surface area contributed by atoms with Crippen LogP contribution in [0.1, 0.15) is 12.5 Å². The van der Waals surface area contributed by atoms with E-state index in [1.165, 1.54) is 24.5 Å². The number of benzene rings is 1. The highest BCUT2D eigenvalue weighted by atomic mass is 19.1. The van der Waals surface area contributed by atoms with Gasteiger partial charge in [-0.2, -0.15) is 0 Å².